The van der Waals surface area contributed by atoms with E-state index in [9.17, 15) is 0 Å². The molecule has 1 aromatic rings. The van der Waals surface area contributed by atoms with Gasteiger partial charge in [-0.05, 0) is 43.6 Å². The predicted molar refractivity (Wildman–Crippen MR) is 89.8 cm³/mol. The van der Waals surface area contributed by atoms with Crippen molar-refractivity contribution in [3.05, 3.63) is 30.3 Å². The Morgan fingerprint density at radius 2 is 1.85 bits per heavy atom. The van der Waals surface area contributed by atoms with Crippen LogP contribution in [0.5, 0.6) is 0 Å². The summed E-state index contributed by atoms with van der Waals surface area (Å²) in [7, 11) is 0. The van der Waals surface area contributed by atoms with Gasteiger partial charge in [0.1, 0.15) is 0 Å². The van der Waals surface area contributed by atoms with Crippen LogP contribution in [-0.4, -0.2) is 36.7 Å². The average molecular weight is 290 g/mol. The third-order valence-electron chi connectivity index (χ3n) is 4.52. The molecule has 1 aromatic carbocycles. The van der Waals surface area contributed by atoms with Gasteiger partial charge in [0.2, 0.25) is 0 Å². The van der Waals surface area contributed by atoms with Crippen LogP contribution in [0.2, 0.25) is 0 Å². The normalized spacial score (nSPS) is 24.8. The van der Waals surface area contributed by atoms with E-state index in [2.05, 4.69) is 52.3 Å². The van der Waals surface area contributed by atoms with Crippen LogP contribution in [0.25, 0.3) is 0 Å². The average Bonchev–Trinajstić information content (AvgIpc) is 2.55. The lowest BCUT2D eigenvalue weighted by Gasteiger charge is -2.35. The van der Waals surface area contributed by atoms with Crippen LogP contribution in [0.15, 0.2) is 30.3 Å². The monoisotopic (exact) mass is 290 g/mol. The summed E-state index contributed by atoms with van der Waals surface area (Å²) in [6.45, 7) is 3.61. The predicted octanol–water partition coefficient (Wildman–Crippen LogP) is 3.53. The third-order valence-corrected chi connectivity index (χ3v) is 5.92. The smallest absolute Gasteiger partial charge is 0.0366 e. The number of hydrogen-bond donors (Lipinski definition) is 1. The molecule has 110 valence electrons. The molecule has 3 heteroatoms. The summed E-state index contributed by atoms with van der Waals surface area (Å²) in [6.07, 6.45) is 6.85. The van der Waals surface area contributed by atoms with Gasteiger partial charge in [-0.15, -0.1) is 0 Å². The van der Waals surface area contributed by atoms with Gasteiger partial charge in [-0.3, -0.25) is 0 Å². The zero-order valence-electron chi connectivity index (χ0n) is 12.3. The molecule has 2 nitrogen and oxygen atoms in total. The van der Waals surface area contributed by atoms with Crippen LogP contribution >= 0.6 is 11.8 Å². The lowest BCUT2D eigenvalue weighted by atomic mass is 10.0. The molecule has 3 rings (SSSR count). The number of nitrogens with one attached hydrogen (secondary N) is 1. The quantitative estimate of drug-likeness (QED) is 0.913. The van der Waals surface area contributed by atoms with E-state index in [-0.39, 0.29) is 0 Å². The van der Waals surface area contributed by atoms with Gasteiger partial charge in [0.05, 0.1) is 0 Å². The van der Waals surface area contributed by atoms with E-state index >= 15 is 0 Å². The Bertz CT molecular complexity index is 381. The van der Waals surface area contributed by atoms with Crippen molar-refractivity contribution >= 4 is 17.4 Å². The molecule has 0 radical (unpaired) electrons. The Hall–Kier alpha value is -0.670. The van der Waals surface area contributed by atoms with E-state index in [1.54, 1.807) is 0 Å². The van der Waals surface area contributed by atoms with Gasteiger partial charge < -0.3 is 10.2 Å². The van der Waals surface area contributed by atoms with Gasteiger partial charge in [0.15, 0.2) is 0 Å². The molecule has 2 heterocycles. The Labute approximate surface area is 127 Å². The maximum atomic E-state index is 3.82. The van der Waals surface area contributed by atoms with E-state index in [0.29, 0.717) is 0 Å². The largest absolute Gasteiger partial charge is 0.371 e. The highest BCUT2D eigenvalue weighted by molar-refractivity contribution is 7.99. The summed E-state index contributed by atoms with van der Waals surface area (Å²) >= 11 is 2.18. The molecule has 0 aromatic heterocycles. The second kappa shape index (κ2) is 7.37. The number of rotatable bonds is 4. The van der Waals surface area contributed by atoms with E-state index in [0.717, 1.165) is 11.3 Å². The first-order valence-electron chi connectivity index (χ1n) is 8.07. The minimum Gasteiger partial charge on any atom is -0.371 e. The molecule has 2 saturated heterocycles. The topological polar surface area (TPSA) is 15.3 Å². The van der Waals surface area contributed by atoms with E-state index in [1.165, 1.54) is 63.2 Å². The fourth-order valence-corrected chi connectivity index (χ4v) is 4.50. The number of anilines is 1. The summed E-state index contributed by atoms with van der Waals surface area (Å²) in [5, 5.41) is 4.69. The molecule has 0 saturated carbocycles. The zero-order valence-corrected chi connectivity index (χ0v) is 13.1. The van der Waals surface area contributed by atoms with Crippen molar-refractivity contribution in [2.45, 2.75) is 43.4 Å². The molecular formula is C17H26N2S. The molecule has 20 heavy (non-hydrogen) atoms. The van der Waals surface area contributed by atoms with Gasteiger partial charge in [-0.25, -0.2) is 0 Å². The number of benzene rings is 1. The number of hydrogen-bond acceptors (Lipinski definition) is 3. The first kappa shape index (κ1) is 14.3. The Kier molecular flexibility index (Phi) is 5.26. The summed E-state index contributed by atoms with van der Waals surface area (Å²) in [4.78, 5) is 2.52. The molecular weight excluding hydrogens is 264 g/mol. The van der Waals surface area contributed by atoms with Gasteiger partial charge in [-0.1, -0.05) is 24.6 Å². The van der Waals surface area contributed by atoms with Crippen molar-refractivity contribution in [1.82, 2.24) is 5.32 Å². The van der Waals surface area contributed by atoms with Crippen molar-refractivity contribution in [3.63, 3.8) is 0 Å². The summed E-state index contributed by atoms with van der Waals surface area (Å²) in [6, 6.07) is 11.6. The molecule has 1 unspecified atom stereocenters. The molecule has 0 bridgehead atoms. The van der Waals surface area contributed by atoms with Gasteiger partial charge >= 0.3 is 0 Å². The minimum absolute atomic E-state index is 0.734. The lowest BCUT2D eigenvalue weighted by molar-refractivity contribution is 0.410. The Morgan fingerprint density at radius 1 is 1.05 bits per heavy atom. The molecule has 2 aliphatic rings. The second-order valence-corrected chi connectivity index (χ2v) is 7.40. The fourth-order valence-electron chi connectivity index (χ4n) is 3.25. The lowest BCUT2D eigenvalue weighted by Crippen LogP contribution is -2.44. The van der Waals surface area contributed by atoms with Crippen molar-refractivity contribution in [2.75, 3.05) is 30.3 Å². The Morgan fingerprint density at radius 3 is 2.55 bits per heavy atom. The first-order valence-corrected chi connectivity index (χ1v) is 9.12. The van der Waals surface area contributed by atoms with Crippen LogP contribution < -0.4 is 10.2 Å². The summed E-state index contributed by atoms with van der Waals surface area (Å²) < 4.78 is 0. The van der Waals surface area contributed by atoms with E-state index in [4.69, 9.17) is 0 Å². The highest BCUT2D eigenvalue weighted by Crippen LogP contribution is 2.25. The number of nitrogens with zero attached hydrogens (tertiary/aromatic N) is 1. The van der Waals surface area contributed by atoms with Crippen LogP contribution in [0.4, 0.5) is 5.69 Å². The maximum absolute atomic E-state index is 3.82. The molecule has 1 atom stereocenters. The molecule has 2 fully saturated rings. The molecule has 2 aliphatic heterocycles. The molecule has 0 amide bonds. The van der Waals surface area contributed by atoms with Crippen molar-refractivity contribution in [1.29, 1.82) is 0 Å². The van der Waals surface area contributed by atoms with E-state index in [1.807, 2.05) is 0 Å². The van der Waals surface area contributed by atoms with Crippen molar-refractivity contribution in [3.8, 4) is 0 Å². The van der Waals surface area contributed by atoms with Crippen LogP contribution in [0.3, 0.4) is 0 Å². The second-order valence-electron chi connectivity index (χ2n) is 5.99. The van der Waals surface area contributed by atoms with Gasteiger partial charge in [0, 0.05) is 36.6 Å². The maximum Gasteiger partial charge on any atom is 0.0366 e. The minimum atomic E-state index is 0.734. The number of para-hydroxylation sites is 1. The summed E-state index contributed by atoms with van der Waals surface area (Å²) in [5.74, 6) is 1.37. The van der Waals surface area contributed by atoms with E-state index < -0.39 is 0 Å². The van der Waals surface area contributed by atoms with Gasteiger partial charge in [0.25, 0.3) is 0 Å². The first-order chi connectivity index (χ1) is 9.92. The zero-order chi connectivity index (χ0) is 13.6. The number of piperidine rings is 1. The SMILES string of the molecule is c1ccc(N2CCC(NCC3CCCCS3)CC2)cc1. The fraction of sp³-hybridized carbons (Fsp3) is 0.647. The van der Waals surface area contributed by atoms with Crippen molar-refractivity contribution in [2.24, 2.45) is 0 Å². The molecule has 0 spiro atoms. The third kappa shape index (κ3) is 3.92. The van der Waals surface area contributed by atoms with Crippen LogP contribution in [-0.2, 0) is 0 Å². The molecule has 0 aliphatic carbocycles. The van der Waals surface area contributed by atoms with Crippen LogP contribution in [0, 0.1) is 0 Å². The van der Waals surface area contributed by atoms with Crippen LogP contribution in [0.1, 0.15) is 32.1 Å². The number of thioether (sulfide) groups is 1. The highest BCUT2D eigenvalue weighted by Gasteiger charge is 2.21. The van der Waals surface area contributed by atoms with Gasteiger partial charge in [-0.2, -0.15) is 11.8 Å². The standard InChI is InChI=1S/C17H26N2S/c1-2-6-16(7-3-1)19-11-9-15(10-12-19)18-14-17-8-4-5-13-20-17/h1-3,6-7,15,17-18H,4-5,8-14H2. The van der Waals surface area contributed by atoms with Crippen molar-refractivity contribution < 1.29 is 0 Å². The summed E-state index contributed by atoms with van der Waals surface area (Å²) in [5.41, 5.74) is 1.38. The molecule has 1 N–H and O–H groups in total. The Balaban J connectivity index is 1.40. The highest BCUT2D eigenvalue weighted by atomic mass is 32.2.